The fraction of sp³-hybridized carbons (Fsp3) is 0.417. The number of carbonyl (C=O) groups is 1. The summed E-state index contributed by atoms with van der Waals surface area (Å²) in [5, 5.41) is 13.5. The third kappa shape index (κ3) is 2.65. The topological polar surface area (TPSA) is 80.6 Å². The van der Waals surface area contributed by atoms with Gasteiger partial charge in [0.25, 0.3) is 0 Å². The second-order valence-corrected chi connectivity index (χ2v) is 4.47. The fourth-order valence-corrected chi connectivity index (χ4v) is 2.13. The first kappa shape index (κ1) is 11.9. The van der Waals surface area contributed by atoms with Gasteiger partial charge in [-0.2, -0.15) is 0 Å². The number of amides is 2. The summed E-state index contributed by atoms with van der Waals surface area (Å²) in [6, 6.07) is 3.59. The van der Waals surface area contributed by atoms with Gasteiger partial charge in [-0.05, 0) is 25.0 Å². The predicted molar refractivity (Wildman–Crippen MR) is 69.0 cm³/mol. The Labute approximate surface area is 110 Å². The van der Waals surface area contributed by atoms with Crippen molar-refractivity contribution in [2.24, 2.45) is 0 Å². The monoisotopic (exact) mass is 261 g/mol. The van der Waals surface area contributed by atoms with Crippen LogP contribution >= 0.6 is 0 Å². The zero-order chi connectivity index (χ0) is 13.1. The number of fused-ring (bicyclic) bond motifs is 1. The predicted octanol–water partition coefficient (Wildman–Crippen LogP) is 1.03. The molecule has 1 saturated heterocycles. The number of aromatic nitrogens is 3. The molecule has 100 valence electrons. The number of nitrogens with zero attached hydrogens (tertiary/aromatic N) is 3. The van der Waals surface area contributed by atoms with Crippen molar-refractivity contribution in [2.45, 2.75) is 18.9 Å². The summed E-state index contributed by atoms with van der Waals surface area (Å²) in [6.45, 7) is 1.40. The second-order valence-electron chi connectivity index (χ2n) is 4.47. The number of hydrogen-bond acceptors (Lipinski definition) is 4. The van der Waals surface area contributed by atoms with E-state index in [1.165, 1.54) is 0 Å². The highest BCUT2D eigenvalue weighted by Gasteiger charge is 2.16. The van der Waals surface area contributed by atoms with E-state index in [1.807, 2.05) is 12.3 Å². The molecule has 2 amide bonds. The van der Waals surface area contributed by atoms with E-state index in [-0.39, 0.29) is 12.1 Å². The van der Waals surface area contributed by atoms with Crippen molar-refractivity contribution in [1.29, 1.82) is 0 Å². The lowest BCUT2D eigenvalue weighted by Gasteiger charge is -2.23. The van der Waals surface area contributed by atoms with Crippen molar-refractivity contribution in [3.05, 3.63) is 24.7 Å². The van der Waals surface area contributed by atoms with Gasteiger partial charge in [0.1, 0.15) is 6.33 Å². The summed E-state index contributed by atoms with van der Waals surface area (Å²) in [4.78, 5) is 11.9. The summed E-state index contributed by atoms with van der Waals surface area (Å²) in [6.07, 6.45) is 5.12. The van der Waals surface area contributed by atoms with Crippen molar-refractivity contribution in [2.75, 3.05) is 18.5 Å². The molecule has 19 heavy (non-hydrogen) atoms. The van der Waals surface area contributed by atoms with Gasteiger partial charge in [0.2, 0.25) is 0 Å². The van der Waals surface area contributed by atoms with Crippen LogP contribution in [-0.2, 0) is 4.74 Å². The van der Waals surface area contributed by atoms with E-state index in [2.05, 4.69) is 20.8 Å². The zero-order valence-electron chi connectivity index (χ0n) is 10.4. The SMILES string of the molecule is O=C(Nc1cccn2cnnc12)NC1CCOCC1. The summed E-state index contributed by atoms with van der Waals surface area (Å²) >= 11 is 0. The molecule has 2 aromatic heterocycles. The molecule has 0 saturated carbocycles. The molecule has 3 heterocycles. The Morgan fingerprint density at radius 1 is 1.42 bits per heavy atom. The third-order valence-electron chi connectivity index (χ3n) is 3.13. The van der Waals surface area contributed by atoms with E-state index in [0.717, 1.165) is 12.8 Å². The smallest absolute Gasteiger partial charge is 0.319 e. The Bertz CT molecular complexity index is 576. The minimum atomic E-state index is -0.219. The number of rotatable bonds is 2. The quantitative estimate of drug-likeness (QED) is 0.846. The van der Waals surface area contributed by atoms with Crippen LogP contribution in [0, 0.1) is 0 Å². The molecule has 1 fully saturated rings. The van der Waals surface area contributed by atoms with Gasteiger partial charge >= 0.3 is 6.03 Å². The number of nitrogens with one attached hydrogen (secondary N) is 2. The largest absolute Gasteiger partial charge is 0.381 e. The molecule has 1 aliphatic rings. The summed E-state index contributed by atoms with van der Waals surface area (Å²) in [5.41, 5.74) is 1.27. The average molecular weight is 261 g/mol. The lowest BCUT2D eigenvalue weighted by molar-refractivity contribution is 0.0806. The van der Waals surface area contributed by atoms with Crippen LogP contribution in [0.25, 0.3) is 5.65 Å². The van der Waals surface area contributed by atoms with Gasteiger partial charge in [0, 0.05) is 25.5 Å². The molecule has 7 heteroatoms. The molecule has 2 aromatic rings. The molecule has 2 N–H and O–H groups in total. The van der Waals surface area contributed by atoms with E-state index in [4.69, 9.17) is 4.74 Å². The molecule has 0 spiro atoms. The van der Waals surface area contributed by atoms with Crippen LogP contribution < -0.4 is 10.6 Å². The van der Waals surface area contributed by atoms with E-state index in [0.29, 0.717) is 24.5 Å². The van der Waals surface area contributed by atoms with Gasteiger partial charge in [-0.25, -0.2) is 4.79 Å². The highest BCUT2D eigenvalue weighted by atomic mass is 16.5. The van der Waals surface area contributed by atoms with Crippen LogP contribution in [0.5, 0.6) is 0 Å². The molecule has 0 unspecified atom stereocenters. The Morgan fingerprint density at radius 3 is 3.11 bits per heavy atom. The van der Waals surface area contributed by atoms with Gasteiger partial charge in [-0.1, -0.05) is 0 Å². The Hall–Kier alpha value is -2.15. The van der Waals surface area contributed by atoms with Gasteiger partial charge in [-0.15, -0.1) is 10.2 Å². The molecule has 7 nitrogen and oxygen atoms in total. The van der Waals surface area contributed by atoms with Crippen LogP contribution in [-0.4, -0.2) is 39.9 Å². The maximum absolute atomic E-state index is 11.9. The zero-order valence-corrected chi connectivity index (χ0v) is 10.4. The number of hydrogen-bond donors (Lipinski definition) is 2. The highest BCUT2D eigenvalue weighted by Crippen LogP contribution is 2.13. The van der Waals surface area contributed by atoms with Gasteiger partial charge in [0.05, 0.1) is 5.69 Å². The van der Waals surface area contributed by atoms with Crippen LogP contribution in [0.4, 0.5) is 10.5 Å². The van der Waals surface area contributed by atoms with Crippen molar-refractivity contribution >= 4 is 17.4 Å². The number of ether oxygens (including phenoxy) is 1. The summed E-state index contributed by atoms with van der Waals surface area (Å²) < 4.78 is 7.01. The maximum atomic E-state index is 11.9. The molecular weight excluding hydrogens is 246 g/mol. The highest BCUT2D eigenvalue weighted by molar-refractivity contribution is 5.93. The first-order valence-corrected chi connectivity index (χ1v) is 6.26. The third-order valence-corrected chi connectivity index (χ3v) is 3.13. The van der Waals surface area contributed by atoms with Crippen LogP contribution in [0.2, 0.25) is 0 Å². The molecule has 3 rings (SSSR count). The van der Waals surface area contributed by atoms with E-state index in [9.17, 15) is 4.79 Å². The minimum absolute atomic E-state index is 0.173. The van der Waals surface area contributed by atoms with Crippen molar-refractivity contribution in [1.82, 2.24) is 19.9 Å². The first-order chi connectivity index (χ1) is 9.33. The van der Waals surface area contributed by atoms with Gasteiger partial charge in [0.15, 0.2) is 5.65 Å². The minimum Gasteiger partial charge on any atom is -0.381 e. The molecule has 0 radical (unpaired) electrons. The summed E-state index contributed by atoms with van der Waals surface area (Å²) in [7, 11) is 0. The lowest BCUT2D eigenvalue weighted by Crippen LogP contribution is -2.41. The van der Waals surface area contributed by atoms with Crippen LogP contribution in [0.3, 0.4) is 0 Å². The Kier molecular flexibility index (Phi) is 3.28. The number of carbonyl (C=O) groups excluding carboxylic acids is 1. The average Bonchev–Trinajstić information content (AvgIpc) is 2.89. The molecule has 1 aliphatic heterocycles. The number of urea groups is 1. The van der Waals surface area contributed by atoms with Gasteiger partial charge in [-0.3, -0.25) is 4.40 Å². The van der Waals surface area contributed by atoms with E-state index < -0.39 is 0 Å². The van der Waals surface area contributed by atoms with Crippen molar-refractivity contribution in [3.63, 3.8) is 0 Å². The molecule has 0 aromatic carbocycles. The van der Waals surface area contributed by atoms with E-state index >= 15 is 0 Å². The molecular formula is C12H15N5O2. The van der Waals surface area contributed by atoms with E-state index in [1.54, 1.807) is 16.8 Å². The maximum Gasteiger partial charge on any atom is 0.319 e. The Morgan fingerprint density at radius 2 is 2.26 bits per heavy atom. The molecule has 0 bridgehead atoms. The Balaban J connectivity index is 1.67. The normalized spacial score (nSPS) is 16.4. The van der Waals surface area contributed by atoms with Crippen LogP contribution in [0.1, 0.15) is 12.8 Å². The standard InChI is InChI=1S/C12H15N5O2/c18-12(14-9-3-6-19-7-4-9)15-10-2-1-5-17-8-13-16-11(10)17/h1-2,5,8-9H,3-4,6-7H2,(H2,14,15,18). The second kappa shape index (κ2) is 5.23. The summed E-state index contributed by atoms with van der Waals surface area (Å²) in [5.74, 6) is 0. The first-order valence-electron chi connectivity index (χ1n) is 6.26. The number of pyridine rings is 1. The fourth-order valence-electron chi connectivity index (χ4n) is 2.13. The number of anilines is 1. The van der Waals surface area contributed by atoms with Gasteiger partial charge < -0.3 is 15.4 Å². The molecule has 0 atom stereocenters. The molecule has 0 aliphatic carbocycles. The lowest BCUT2D eigenvalue weighted by atomic mass is 10.1. The van der Waals surface area contributed by atoms with Crippen molar-refractivity contribution < 1.29 is 9.53 Å². The van der Waals surface area contributed by atoms with Crippen LogP contribution in [0.15, 0.2) is 24.7 Å². The van der Waals surface area contributed by atoms with Crippen molar-refractivity contribution in [3.8, 4) is 0 Å².